The third-order valence-electron chi connectivity index (χ3n) is 1.74. The zero-order valence-corrected chi connectivity index (χ0v) is 8.70. The van der Waals surface area contributed by atoms with E-state index >= 15 is 0 Å². The summed E-state index contributed by atoms with van der Waals surface area (Å²) in [6, 6.07) is 0.704. The molecule has 0 atom stereocenters. The van der Waals surface area contributed by atoms with Gasteiger partial charge in [0.1, 0.15) is 5.82 Å². The lowest BCUT2D eigenvalue weighted by molar-refractivity contribution is 0.536. The lowest BCUT2D eigenvalue weighted by atomic mass is 10.3. The molecular formula is C9H18N4. The predicted octanol–water partition coefficient (Wildman–Crippen LogP) is 1.87. The predicted molar refractivity (Wildman–Crippen MR) is 55.8 cm³/mol. The molecule has 0 saturated carbocycles. The summed E-state index contributed by atoms with van der Waals surface area (Å²) in [7, 11) is 0. The Balaban J connectivity index is 2.94. The number of hydrogen-bond acceptors (Lipinski definition) is 3. The van der Waals surface area contributed by atoms with E-state index in [1.807, 2.05) is 4.68 Å². The molecular weight excluding hydrogens is 164 g/mol. The molecule has 3 N–H and O–H groups in total. The number of aromatic nitrogens is 2. The topological polar surface area (TPSA) is 55.9 Å². The third-order valence-corrected chi connectivity index (χ3v) is 1.74. The summed E-state index contributed by atoms with van der Waals surface area (Å²) >= 11 is 0. The van der Waals surface area contributed by atoms with E-state index in [9.17, 15) is 0 Å². The van der Waals surface area contributed by atoms with Crippen molar-refractivity contribution in [3.8, 4) is 0 Å². The van der Waals surface area contributed by atoms with E-state index in [2.05, 4.69) is 38.1 Å². The molecule has 0 aliphatic carbocycles. The smallest absolute Gasteiger partial charge is 0.148 e. The van der Waals surface area contributed by atoms with Gasteiger partial charge in [0.25, 0.3) is 0 Å². The van der Waals surface area contributed by atoms with Crippen LogP contribution in [0.3, 0.4) is 0 Å². The van der Waals surface area contributed by atoms with Crippen LogP contribution >= 0.6 is 0 Å². The Morgan fingerprint density at radius 3 is 2.46 bits per heavy atom. The normalized spacial score (nSPS) is 11.2. The van der Waals surface area contributed by atoms with Crippen LogP contribution in [0.1, 0.15) is 33.7 Å². The van der Waals surface area contributed by atoms with Crippen LogP contribution in [-0.4, -0.2) is 15.8 Å². The number of rotatable bonds is 3. The fraction of sp³-hybridized carbons (Fsp3) is 0.667. The van der Waals surface area contributed by atoms with Gasteiger partial charge in [-0.2, -0.15) is 5.10 Å². The van der Waals surface area contributed by atoms with Crippen molar-refractivity contribution < 1.29 is 0 Å². The van der Waals surface area contributed by atoms with Crippen LogP contribution in [0, 0.1) is 0 Å². The SMILES string of the molecule is CC(C)Nc1c(N)cnn1C(C)C. The van der Waals surface area contributed by atoms with Crippen LogP contribution in [-0.2, 0) is 0 Å². The average Bonchev–Trinajstić information content (AvgIpc) is 2.32. The van der Waals surface area contributed by atoms with E-state index in [1.165, 1.54) is 0 Å². The van der Waals surface area contributed by atoms with Crippen molar-refractivity contribution in [2.45, 2.75) is 39.8 Å². The largest absolute Gasteiger partial charge is 0.394 e. The average molecular weight is 182 g/mol. The highest BCUT2D eigenvalue weighted by Gasteiger charge is 2.10. The second-order valence-corrected chi connectivity index (χ2v) is 3.79. The van der Waals surface area contributed by atoms with Gasteiger partial charge in [-0.05, 0) is 27.7 Å². The fourth-order valence-electron chi connectivity index (χ4n) is 1.19. The molecule has 1 rings (SSSR count). The molecule has 0 radical (unpaired) electrons. The van der Waals surface area contributed by atoms with Gasteiger partial charge in [0.15, 0.2) is 0 Å². The number of anilines is 2. The van der Waals surface area contributed by atoms with Crippen LogP contribution in [0.4, 0.5) is 11.5 Å². The van der Waals surface area contributed by atoms with Crippen molar-refractivity contribution in [3.05, 3.63) is 6.20 Å². The Bertz CT molecular complexity index is 275. The Morgan fingerprint density at radius 2 is 2.00 bits per heavy atom. The molecule has 0 bridgehead atoms. The van der Waals surface area contributed by atoms with E-state index in [1.54, 1.807) is 6.20 Å². The molecule has 0 spiro atoms. The van der Waals surface area contributed by atoms with Gasteiger partial charge in [-0.25, -0.2) is 4.68 Å². The highest BCUT2D eigenvalue weighted by Crippen LogP contribution is 2.21. The summed E-state index contributed by atoms with van der Waals surface area (Å²) in [5.41, 5.74) is 6.49. The highest BCUT2D eigenvalue weighted by atomic mass is 15.3. The number of nitrogens with zero attached hydrogens (tertiary/aromatic N) is 2. The van der Waals surface area contributed by atoms with Crippen LogP contribution in [0.15, 0.2) is 6.20 Å². The summed E-state index contributed by atoms with van der Waals surface area (Å²) < 4.78 is 1.90. The number of hydrogen-bond donors (Lipinski definition) is 2. The van der Waals surface area contributed by atoms with Crippen molar-refractivity contribution in [1.29, 1.82) is 0 Å². The fourth-order valence-corrected chi connectivity index (χ4v) is 1.19. The molecule has 1 heterocycles. The van der Waals surface area contributed by atoms with Gasteiger partial charge in [0.05, 0.1) is 11.9 Å². The van der Waals surface area contributed by atoms with Gasteiger partial charge < -0.3 is 11.1 Å². The highest BCUT2D eigenvalue weighted by molar-refractivity contribution is 5.61. The van der Waals surface area contributed by atoms with E-state index < -0.39 is 0 Å². The van der Waals surface area contributed by atoms with Gasteiger partial charge in [-0.3, -0.25) is 0 Å². The molecule has 74 valence electrons. The number of nitrogens with one attached hydrogen (secondary N) is 1. The molecule has 4 nitrogen and oxygen atoms in total. The lowest BCUT2D eigenvalue weighted by Gasteiger charge is -2.15. The molecule has 13 heavy (non-hydrogen) atoms. The lowest BCUT2D eigenvalue weighted by Crippen LogP contribution is -2.16. The maximum absolute atomic E-state index is 5.78. The first-order chi connectivity index (χ1) is 6.02. The van der Waals surface area contributed by atoms with E-state index in [0.717, 1.165) is 5.82 Å². The second kappa shape index (κ2) is 3.68. The Kier molecular flexibility index (Phi) is 2.80. The molecule has 0 unspecified atom stereocenters. The standard InChI is InChI=1S/C9H18N4/c1-6(2)12-9-8(10)5-11-13(9)7(3)4/h5-7,12H,10H2,1-4H3. The van der Waals surface area contributed by atoms with Crippen LogP contribution in [0.2, 0.25) is 0 Å². The van der Waals surface area contributed by atoms with Crippen molar-refractivity contribution in [2.24, 2.45) is 0 Å². The molecule has 0 amide bonds. The Labute approximate surface area is 79.1 Å². The van der Waals surface area contributed by atoms with Gasteiger partial charge in [-0.1, -0.05) is 0 Å². The number of nitrogens with two attached hydrogens (primary N) is 1. The summed E-state index contributed by atoms with van der Waals surface area (Å²) in [6.45, 7) is 8.32. The first-order valence-corrected chi connectivity index (χ1v) is 4.62. The first-order valence-electron chi connectivity index (χ1n) is 4.62. The summed E-state index contributed by atoms with van der Waals surface area (Å²) in [6.07, 6.45) is 1.69. The van der Waals surface area contributed by atoms with Gasteiger partial charge in [0, 0.05) is 12.1 Å². The molecule has 0 saturated heterocycles. The van der Waals surface area contributed by atoms with Crippen molar-refractivity contribution >= 4 is 11.5 Å². The first kappa shape index (κ1) is 9.89. The monoisotopic (exact) mass is 182 g/mol. The zero-order valence-electron chi connectivity index (χ0n) is 8.70. The second-order valence-electron chi connectivity index (χ2n) is 3.79. The van der Waals surface area contributed by atoms with Gasteiger partial charge in [0.2, 0.25) is 0 Å². The minimum atomic E-state index is 0.332. The molecule has 0 aliphatic heterocycles. The Morgan fingerprint density at radius 1 is 1.38 bits per heavy atom. The van der Waals surface area contributed by atoms with Crippen LogP contribution in [0.25, 0.3) is 0 Å². The number of nitrogen functional groups attached to an aromatic ring is 1. The quantitative estimate of drug-likeness (QED) is 0.750. The summed E-state index contributed by atoms with van der Waals surface area (Å²) in [5.74, 6) is 0.921. The molecule has 1 aromatic heterocycles. The summed E-state index contributed by atoms with van der Waals surface area (Å²) in [4.78, 5) is 0. The van der Waals surface area contributed by atoms with Crippen molar-refractivity contribution in [1.82, 2.24) is 9.78 Å². The molecule has 0 aromatic carbocycles. The molecule has 0 fully saturated rings. The maximum atomic E-state index is 5.78. The van der Waals surface area contributed by atoms with E-state index in [4.69, 9.17) is 5.73 Å². The molecule has 0 aliphatic rings. The molecule has 4 heteroatoms. The van der Waals surface area contributed by atoms with Crippen LogP contribution < -0.4 is 11.1 Å². The van der Waals surface area contributed by atoms with Crippen LogP contribution in [0.5, 0.6) is 0 Å². The minimum absolute atomic E-state index is 0.332. The third kappa shape index (κ3) is 2.14. The van der Waals surface area contributed by atoms with Gasteiger partial charge >= 0.3 is 0 Å². The Hall–Kier alpha value is -1.19. The maximum Gasteiger partial charge on any atom is 0.148 e. The van der Waals surface area contributed by atoms with Crippen molar-refractivity contribution in [2.75, 3.05) is 11.1 Å². The minimum Gasteiger partial charge on any atom is -0.394 e. The van der Waals surface area contributed by atoms with E-state index in [0.29, 0.717) is 17.8 Å². The molecule has 1 aromatic rings. The van der Waals surface area contributed by atoms with E-state index in [-0.39, 0.29) is 0 Å². The zero-order chi connectivity index (χ0) is 10.0. The van der Waals surface area contributed by atoms with Gasteiger partial charge in [-0.15, -0.1) is 0 Å². The summed E-state index contributed by atoms with van der Waals surface area (Å²) in [5, 5.41) is 7.48. The van der Waals surface area contributed by atoms with Crippen molar-refractivity contribution in [3.63, 3.8) is 0 Å².